The second-order valence-electron chi connectivity index (χ2n) is 8.29. The molecule has 3 heterocycles. The number of nitrogens with zero attached hydrogens (tertiary/aromatic N) is 4. The van der Waals surface area contributed by atoms with Crippen LogP contribution in [0.3, 0.4) is 0 Å². The van der Waals surface area contributed by atoms with Crippen LogP contribution in [0.4, 0.5) is 5.95 Å². The molecule has 1 atom stereocenters. The van der Waals surface area contributed by atoms with Crippen LogP contribution in [0.5, 0.6) is 0 Å². The molecule has 0 bridgehead atoms. The summed E-state index contributed by atoms with van der Waals surface area (Å²) in [4.78, 5) is 32.3. The van der Waals surface area contributed by atoms with Gasteiger partial charge in [0, 0.05) is 25.2 Å². The van der Waals surface area contributed by atoms with Gasteiger partial charge in [0.15, 0.2) is 5.84 Å². The van der Waals surface area contributed by atoms with Crippen LogP contribution in [0.1, 0.15) is 25.3 Å². The molecule has 0 radical (unpaired) electrons. The highest BCUT2D eigenvalue weighted by Crippen LogP contribution is 2.29. The Labute approximate surface area is 196 Å². The number of carbonyl (C=O) groups excluding carboxylic acids is 1. The number of amidine groups is 1. The zero-order chi connectivity index (χ0) is 23.9. The first-order valence-corrected chi connectivity index (χ1v) is 12.6. The molecule has 0 aliphatic carbocycles. The molecule has 11 heteroatoms. The Balaban J connectivity index is 1.33. The summed E-state index contributed by atoms with van der Waals surface area (Å²) in [5.41, 5.74) is 6.42. The van der Waals surface area contributed by atoms with Crippen molar-refractivity contribution in [3.8, 4) is 0 Å². The first kappa shape index (κ1) is 22.1. The predicted octanol–water partition coefficient (Wildman–Crippen LogP) is 1.72. The number of rotatable bonds is 4. The van der Waals surface area contributed by atoms with Crippen LogP contribution in [0.25, 0.3) is 10.9 Å². The SMILES string of the molecule is CCn1c(NNC(=O)[C@H]2CCCN(C3=NS(=O)(=O)c4ccccc43)C2)nc2ccccc2c1=O. The Morgan fingerprint density at radius 3 is 2.74 bits per heavy atom. The maximum Gasteiger partial charge on any atom is 0.285 e. The molecule has 0 unspecified atom stereocenters. The lowest BCUT2D eigenvalue weighted by molar-refractivity contribution is -0.125. The minimum absolute atomic E-state index is 0.187. The van der Waals surface area contributed by atoms with E-state index in [-0.39, 0.29) is 28.2 Å². The fourth-order valence-corrected chi connectivity index (χ4v) is 5.70. The van der Waals surface area contributed by atoms with E-state index < -0.39 is 10.0 Å². The topological polar surface area (TPSA) is 126 Å². The van der Waals surface area contributed by atoms with Gasteiger partial charge in [0.1, 0.15) is 4.90 Å². The molecule has 10 nitrogen and oxygen atoms in total. The highest BCUT2D eigenvalue weighted by molar-refractivity contribution is 7.90. The van der Waals surface area contributed by atoms with Gasteiger partial charge in [-0.2, -0.15) is 8.42 Å². The molecule has 1 aromatic heterocycles. The van der Waals surface area contributed by atoms with Crippen LogP contribution < -0.4 is 16.4 Å². The van der Waals surface area contributed by atoms with Crippen LogP contribution in [-0.2, 0) is 21.4 Å². The van der Waals surface area contributed by atoms with Gasteiger partial charge < -0.3 is 4.90 Å². The molecule has 1 fully saturated rings. The second-order valence-corrected chi connectivity index (χ2v) is 9.86. The summed E-state index contributed by atoms with van der Waals surface area (Å²) in [5.74, 6) is -0.00403. The van der Waals surface area contributed by atoms with Crippen molar-refractivity contribution in [3.63, 3.8) is 0 Å². The molecule has 0 spiro atoms. The number of nitrogens with one attached hydrogen (secondary N) is 2. The Bertz CT molecular complexity index is 1480. The van der Waals surface area contributed by atoms with Crippen molar-refractivity contribution in [2.45, 2.75) is 31.2 Å². The molecule has 0 saturated carbocycles. The third-order valence-electron chi connectivity index (χ3n) is 6.18. The van der Waals surface area contributed by atoms with Gasteiger partial charge in [-0.1, -0.05) is 24.3 Å². The zero-order valence-electron chi connectivity index (χ0n) is 18.6. The van der Waals surface area contributed by atoms with Gasteiger partial charge >= 0.3 is 0 Å². The number of hydrogen-bond donors (Lipinski definition) is 2. The Kier molecular flexibility index (Phi) is 5.56. The van der Waals surface area contributed by atoms with E-state index in [1.807, 2.05) is 11.8 Å². The van der Waals surface area contributed by atoms with Gasteiger partial charge in [-0.3, -0.25) is 25.0 Å². The van der Waals surface area contributed by atoms with Gasteiger partial charge in [0.05, 0.1) is 16.8 Å². The minimum atomic E-state index is -3.73. The summed E-state index contributed by atoms with van der Waals surface area (Å²) in [6, 6.07) is 13.8. The van der Waals surface area contributed by atoms with Crippen molar-refractivity contribution in [1.82, 2.24) is 19.9 Å². The van der Waals surface area contributed by atoms with Crippen LogP contribution in [0.2, 0.25) is 0 Å². The molecule has 2 aliphatic heterocycles. The number of carbonyl (C=O) groups is 1. The molecule has 1 saturated heterocycles. The number of hydrogen-bond acceptors (Lipinski definition) is 7. The van der Waals surface area contributed by atoms with E-state index in [9.17, 15) is 18.0 Å². The molecular formula is C23H24N6O4S. The van der Waals surface area contributed by atoms with Gasteiger partial charge in [-0.25, -0.2) is 4.98 Å². The number of aromatic nitrogens is 2. The average molecular weight is 481 g/mol. The maximum atomic E-state index is 13.0. The predicted molar refractivity (Wildman–Crippen MR) is 128 cm³/mol. The third-order valence-corrected chi connectivity index (χ3v) is 7.50. The van der Waals surface area contributed by atoms with Crippen LogP contribution >= 0.6 is 0 Å². The number of benzene rings is 2. The quantitative estimate of drug-likeness (QED) is 0.545. The first-order chi connectivity index (χ1) is 16.4. The number of anilines is 1. The summed E-state index contributed by atoms with van der Waals surface area (Å²) in [6.07, 6.45) is 1.37. The van der Waals surface area contributed by atoms with Crippen molar-refractivity contribution >= 4 is 38.6 Å². The molecule has 34 heavy (non-hydrogen) atoms. The number of para-hydroxylation sites is 1. The fourth-order valence-electron chi connectivity index (χ4n) is 4.48. The molecule has 1 amide bonds. The van der Waals surface area contributed by atoms with E-state index >= 15 is 0 Å². The summed E-state index contributed by atoms with van der Waals surface area (Å²) in [6.45, 7) is 3.17. The molecule has 5 rings (SSSR count). The number of amides is 1. The smallest absolute Gasteiger partial charge is 0.285 e. The van der Waals surface area contributed by atoms with E-state index in [0.717, 1.165) is 0 Å². The Morgan fingerprint density at radius 2 is 1.91 bits per heavy atom. The van der Waals surface area contributed by atoms with Crippen LogP contribution in [-0.4, -0.2) is 47.7 Å². The number of hydrazine groups is 1. The number of likely N-dealkylation sites (tertiary alicyclic amines) is 1. The summed E-state index contributed by atoms with van der Waals surface area (Å²) in [5, 5.41) is 0.511. The Morgan fingerprint density at radius 1 is 1.15 bits per heavy atom. The van der Waals surface area contributed by atoms with Crippen molar-refractivity contribution in [2.24, 2.45) is 10.3 Å². The third kappa shape index (κ3) is 3.81. The van der Waals surface area contributed by atoms with Crippen molar-refractivity contribution < 1.29 is 13.2 Å². The van der Waals surface area contributed by atoms with E-state index in [2.05, 4.69) is 20.2 Å². The minimum Gasteiger partial charge on any atom is -0.355 e. The van der Waals surface area contributed by atoms with E-state index in [0.29, 0.717) is 54.8 Å². The summed E-state index contributed by atoms with van der Waals surface area (Å²) < 4.78 is 30.3. The van der Waals surface area contributed by atoms with Gasteiger partial charge in [-0.05, 0) is 44.0 Å². The highest BCUT2D eigenvalue weighted by Gasteiger charge is 2.35. The largest absolute Gasteiger partial charge is 0.355 e. The highest BCUT2D eigenvalue weighted by atomic mass is 32.2. The molecule has 2 aromatic carbocycles. The Hall–Kier alpha value is -3.73. The average Bonchev–Trinajstić information content (AvgIpc) is 3.13. The maximum absolute atomic E-state index is 13.0. The number of fused-ring (bicyclic) bond motifs is 2. The lowest BCUT2D eigenvalue weighted by Crippen LogP contribution is -2.47. The monoisotopic (exact) mass is 480 g/mol. The van der Waals surface area contributed by atoms with E-state index in [1.54, 1.807) is 48.5 Å². The zero-order valence-corrected chi connectivity index (χ0v) is 19.4. The van der Waals surface area contributed by atoms with Crippen LogP contribution in [0, 0.1) is 5.92 Å². The lowest BCUT2D eigenvalue weighted by Gasteiger charge is -2.33. The summed E-state index contributed by atoms with van der Waals surface area (Å²) >= 11 is 0. The van der Waals surface area contributed by atoms with Crippen LogP contribution in [0.15, 0.2) is 62.6 Å². The number of sulfonamides is 1. The van der Waals surface area contributed by atoms with Crippen molar-refractivity contribution in [3.05, 3.63) is 64.4 Å². The normalized spacial score (nSPS) is 18.9. The molecule has 2 aliphatic rings. The molecule has 2 N–H and O–H groups in total. The van der Waals surface area contributed by atoms with Crippen molar-refractivity contribution in [1.29, 1.82) is 0 Å². The summed E-state index contributed by atoms with van der Waals surface area (Å²) in [7, 11) is -3.73. The van der Waals surface area contributed by atoms with Gasteiger partial charge in [-0.15, -0.1) is 4.40 Å². The van der Waals surface area contributed by atoms with E-state index in [4.69, 9.17) is 0 Å². The standard InChI is InChI=1S/C23H24N6O4S/c1-2-29-22(31)16-9-3-5-11-18(16)24-23(29)26-25-21(30)15-8-7-13-28(14-15)20-17-10-4-6-12-19(17)34(32,33)27-20/h3-6,9-12,15H,2,7-8,13-14H2,1H3,(H,24,26)(H,25,30)/t15-/m0/s1. The molecule has 3 aromatic rings. The molecular weight excluding hydrogens is 456 g/mol. The molecule has 176 valence electrons. The fraction of sp³-hybridized carbons (Fsp3) is 0.304. The van der Waals surface area contributed by atoms with E-state index in [1.165, 1.54) is 4.57 Å². The first-order valence-electron chi connectivity index (χ1n) is 11.1. The van der Waals surface area contributed by atoms with Crippen molar-refractivity contribution in [2.75, 3.05) is 18.5 Å². The van der Waals surface area contributed by atoms with Gasteiger partial charge in [0.2, 0.25) is 11.9 Å². The second kappa shape index (κ2) is 8.56. The van der Waals surface area contributed by atoms with Gasteiger partial charge in [0.25, 0.3) is 15.6 Å². The number of piperidine rings is 1. The lowest BCUT2D eigenvalue weighted by atomic mass is 9.96.